The zero-order valence-electron chi connectivity index (χ0n) is 25.2. The maximum absolute atomic E-state index is 13.5. The van der Waals surface area contributed by atoms with Crippen molar-refractivity contribution in [2.45, 2.75) is 51.2 Å². The number of carboxylic acid groups (broad SMARTS) is 1. The number of hydrogen-bond donors (Lipinski definition) is 2. The number of sulfone groups is 1. The Bertz CT molecular complexity index is 1510. The van der Waals surface area contributed by atoms with Crippen molar-refractivity contribution in [1.82, 2.24) is 10.2 Å². The van der Waals surface area contributed by atoms with Crippen LogP contribution >= 0.6 is 0 Å². The van der Waals surface area contributed by atoms with Crippen LogP contribution < -0.4 is 5.32 Å². The van der Waals surface area contributed by atoms with Gasteiger partial charge in [0.25, 0.3) is 5.91 Å². The summed E-state index contributed by atoms with van der Waals surface area (Å²) in [4.78, 5) is 27.8. The Hall–Kier alpha value is -3.53. The molecule has 0 aliphatic carbocycles. The molecule has 2 N–H and O–H groups in total. The molecule has 8 nitrogen and oxygen atoms in total. The number of rotatable bonds is 14. The average Bonchev–Trinajstić information content (AvgIpc) is 3.35. The van der Waals surface area contributed by atoms with E-state index < -0.39 is 27.8 Å². The first kappa shape index (κ1) is 32.4. The van der Waals surface area contributed by atoms with E-state index in [0.717, 1.165) is 48.8 Å². The number of carboxylic acids is 1. The van der Waals surface area contributed by atoms with E-state index in [-0.39, 0.29) is 12.2 Å². The minimum Gasteiger partial charge on any atom is -0.480 e. The summed E-state index contributed by atoms with van der Waals surface area (Å²) in [7, 11) is -1.65. The van der Waals surface area contributed by atoms with Crippen molar-refractivity contribution in [1.29, 1.82) is 0 Å². The number of carbonyl (C=O) groups is 2. The third-order valence-corrected chi connectivity index (χ3v) is 9.17. The van der Waals surface area contributed by atoms with Gasteiger partial charge in [-0.15, -0.1) is 0 Å². The van der Waals surface area contributed by atoms with Crippen molar-refractivity contribution >= 4 is 21.7 Å². The first-order chi connectivity index (χ1) is 20.5. The molecule has 0 aromatic heterocycles. The van der Waals surface area contributed by atoms with Gasteiger partial charge in [-0.3, -0.25) is 9.69 Å². The molecule has 0 unspecified atom stereocenters. The van der Waals surface area contributed by atoms with E-state index in [1.54, 1.807) is 13.2 Å². The molecular weight excluding hydrogens is 564 g/mol. The summed E-state index contributed by atoms with van der Waals surface area (Å²) in [5.74, 6) is -1.60. The van der Waals surface area contributed by atoms with E-state index in [1.165, 1.54) is 5.56 Å². The summed E-state index contributed by atoms with van der Waals surface area (Å²) < 4.78 is 28.9. The second-order valence-electron chi connectivity index (χ2n) is 11.6. The van der Waals surface area contributed by atoms with E-state index in [1.807, 2.05) is 49.4 Å². The SMILES string of the molecule is COC[C@H]1C[C@H](CCc2ccccc2)CN1Cc1ccc(C(=O)N[C@@H](CCS(C)(=O)=O)C(=O)O)c(-c2ccccc2C)c1. The number of ether oxygens (including phenoxy) is 1. The molecule has 1 saturated heterocycles. The van der Waals surface area contributed by atoms with Crippen LogP contribution in [0.25, 0.3) is 11.1 Å². The Morgan fingerprint density at radius 1 is 1.02 bits per heavy atom. The third-order valence-electron chi connectivity index (χ3n) is 8.19. The van der Waals surface area contributed by atoms with Crippen molar-refractivity contribution < 1.29 is 27.9 Å². The number of nitrogens with one attached hydrogen (secondary N) is 1. The van der Waals surface area contributed by atoms with Crippen molar-refractivity contribution in [2.75, 3.05) is 32.3 Å². The predicted octanol–water partition coefficient (Wildman–Crippen LogP) is 4.75. The van der Waals surface area contributed by atoms with Crippen LogP contribution in [0, 0.1) is 12.8 Å². The van der Waals surface area contributed by atoms with Crippen molar-refractivity contribution in [2.24, 2.45) is 5.92 Å². The molecular formula is C34H42N2O6S. The van der Waals surface area contributed by atoms with Crippen LogP contribution in [0.15, 0.2) is 72.8 Å². The summed E-state index contributed by atoms with van der Waals surface area (Å²) in [5, 5.41) is 12.2. The monoisotopic (exact) mass is 606 g/mol. The topological polar surface area (TPSA) is 113 Å². The quantitative estimate of drug-likeness (QED) is 0.272. The number of aryl methyl sites for hydroxylation is 2. The van der Waals surface area contributed by atoms with Gasteiger partial charge in [0.2, 0.25) is 0 Å². The average molecular weight is 607 g/mol. The number of methoxy groups -OCH3 is 1. The zero-order chi connectivity index (χ0) is 31.0. The molecule has 1 heterocycles. The number of amides is 1. The van der Waals surface area contributed by atoms with Gasteiger partial charge in [-0.25, -0.2) is 13.2 Å². The highest BCUT2D eigenvalue weighted by Gasteiger charge is 2.32. The summed E-state index contributed by atoms with van der Waals surface area (Å²) in [6.07, 6.45) is 4.06. The Kier molecular flexibility index (Phi) is 11.1. The molecule has 4 rings (SSSR count). The molecule has 0 radical (unpaired) electrons. The lowest BCUT2D eigenvalue weighted by Gasteiger charge is -2.24. The van der Waals surface area contributed by atoms with Crippen LogP contribution in [-0.2, 0) is 32.3 Å². The highest BCUT2D eigenvalue weighted by atomic mass is 32.2. The van der Waals surface area contributed by atoms with Crippen molar-refractivity contribution in [3.63, 3.8) is 0 Å². The lowest BCUT2D eigenvalue weighted by atomic mass is 9.93. The molecule has 1 amide bonds. The summed E-state index contributed by atoms with van der Waals surface area (Å²) in [6.45, 7) is 4.28. The molecule has 0 spiro atoms. The van der Waals surface area contributed by atoms with Gasteiger partial charge in [0.15, 0.2) is 0 Å². The molecule has 0 bridgehead atoms. The van der Waals surface area contributed by atoms with Gasteiger partial charge < -0.3 is 15.2 Å². The molecule has 1 aliphatic heterocycles. The van der Waals surface area contributed by atoms with Gasteiger partial charge >= 0.3 is 5.97 Å². The number of hydrogen-bond acceptors (Lipinski definition) is 6. The zero-order valence-corrected chi connectivity index (χ0v) is 26.0. The minimum absolute atomic E-state index is 0.209. The number of likely N-dealkylation sites (tertiary alicyclic amines) is 1. The fourth-order valence-electron chi connectivity index (χ4n) is 5.92. The van der Waals surface area contributed by atoms with E-state index in [2.05, 4.69) is 34.5 Å². The van der Waals surface area contributed by atoms with Crippen LogP contribution in [0.5, 0.6) is 0 Å². The van der Waals surface area contributed by atoms with Gasteiger partial charge in [0, 0.05) is 38.1 Å². The Balaban J connectivity index is 1.56. The van der Waals surface area contributed by atoms with Gasteiger partial charge in [-0.05, 0) is 78.5 Å². The van der Waals surface area contributed by atoms with Crippen molar-refractivity contribution in [3.05, 3.63) is 95.1 Å². The first-order valence-corrected chi connectivity index (χ1v) is 16.8. The lowest BCUT2D eigenvalue weighted by molar-refractivity contribution is -0.139. The highest BCUT2D eigenvalue weighted by molar-refractivity contribution is 7.90. The molecule has 43 heavy (non-hydrogen) atoms. The molecule has 1 fully saturated rings. The predicted molar refractivity (Wildman–Crippen MR) is 169 cm³/mol. The second kappa shape index (κ2) is 14.8. The van der Waals surface area contributed by atoms with Crippen molar-refractivity contribution in [3.8, 4) is 11.1 Å². The van der Waals surface area contributed by atoms with E-state index in [9.17, 15) is 23.1 Å². The molecule has 1 aliphatic rings. The highest BCUT2D eigenvalue weighted by Crippen LogP contribution is 2.32. The Morgan fingerprint density at radius 3 is 2.42 bits per heavy atom. The van der Waals surface area contributed by atoms with Crippen LogP contribution in [0.2, 0.25) is 0 Å². The molecule has 3 aromatic rings. The number of aliphatic carboxylic acids is 1. The fraction of sp³-hybridized carbons (Fsp3) is 0.412. The molecule has 230 valence electrons. The van der Waals surface area contributed by atoms with Crippen LogP contribution in [0.1, 0.15) is 46.3 Å². The Labute approximate surface area is 255 Å². The van der Waals surface area contributed by atoms with Crippen LogP contribution in [0.3, 0.4) is 0 Å². The Morgan fingerprint density at radius 2 is 1.74 bits per heavy atom. The molecule has 0 saturated carbocycles. The number of nitrogens with zero attached hydrogens (tertiary/aromatic N) is 1. The summed E-state index contributed by atoms with van der Waals surface area (Å²) in [6, 6.07) is 23.0. The standard InChI is InChI=1S/C34H42N2O6S/c1-24-9-7-8-12-29(24)31-20-27(15-16-30(31)33(37)35-32(34(38)39)17-18-43(3,40)41)22-36-21-26(19-28(36)23-42-2)14-13-25-10-5-4-6-11-25/h4-12,15-16,20,26,28,32H,13-14,17-19,21-23H2,1-3H3,(H,35,37)(H,38,39)/t26-,28+,32-/m0/s1. The lowest BCUT2D eigenvalue weighted by Crippen LogP contribution is -2.42. The maximum atomic E-state index is 13.5. The summed E-state index contributed by atoms with van der Waals surface area (Å²) in [5.41, 5.74) is 5.32. The fourth-order valence-corrected chi connectivity index (χ4v) is 6.58. The normalized spacial score (nSPS) is 17.9. The first-order valence-electron chi connectivity index (χ1n) is 14.7. The van der Waals surface area contributed by atoms with E-state index in [0.29, 0.717) is 36.2 Å². The minimum atomic E-state index is -3.39. The van der Waals surface area contributed by atoms with Gasteiger partial charge in [-0.2, -0.15) is 0 Å². The van der Waals surface area contributed by atoms with Gasteiger partial charge in [-0.1, -0.05) is 60.7 Å². The van der Waals surface area contributed by atoms with E-state index >= 15 is 0 Å². The largest absolute Gasteiger partial charge is 0.480 e. The van der Waals surface area contributed by atoms with Gasteiger partial charge in [0.05, 0.1) is 12.4 Å². The molecule has 9 heteroatoms. The maximum Gasteiger partial charge on any atom is 0.326 e. The molecule has 3 atom stereocenters. The van der Waals surface area contributed by atoms with Crippen LogP contribution in [-0.4, -0.2) is 74.7 Å². The van der Waals surface area contributed by atoms with Gasteiger partial charge in [0.1, 0.15) is 15.9 Å². The van der Waals surface area contributed by atoms with Crippen LogP contribution in [0.4, 0.5) is 0 Å². The summed E-state index contributed by atoms with van der Waals surface area (Å²) >= 11 is 0. The smallest absolute Gasteiger partial charge is 0.326 e. The number of carbonyl (C=O) groups excluding carboxylic acids is 1. The second-order valence-corrected chi connectivity index (χ2v) is 13.9. The third kappa shape index (κ3) is 9.23. The number of benzene rings is 3. The van der Waals surface area contributed by atoms with E-state index in [4.69, 9.17) is 4.74 Å². The molecule has 3 aromatic carbocycles.